The Balaban J connectivity index is 1.54. The lowest BCUT2D eigenvalue weighted by Crippen LogP contribution is -2.62. The minimum atomic E-state index is -0.537. The number of ether oxygens (including phenoxy) is 2. The summed E-state index contributed by atoms with van der Waals surface area (Å²) in [5, 5.41) is 3.22. The largest absolute Gasteiger partial charge is 0.492 e. The molecule has 0 unspecified atom stereocenters. The highest BCUT2D eigenvalue weighted by Crippen LogP contribution is 2.41. The molecule has 2 aromatic heterocycles. The van der Waals surface area contributed by atoms with Gasteiger partial charge in [-0.25, -0.2) is 9.18 Å². The SMILES string of the molecule is COc1c(F)cccc1Nc1c(-c2ccncc2C#C[C@H]2N(C(=O)/C=C/CN(C)C)CC2(C)C)[nH]c2c1C(=O)OCC2. The number of rotatable bonds is 7. The van der Waals surface area contributed by atoms with Crippen molar-refractivity contribution < 1.29 is 23.5 Å². The predicted octanol–water partition coefficient (Wildman–Crippen LogP) is 4.39. The molecule has 2 aliphatic rings. The van der Waals surface area contributed by atoms with Crippen molar-refractivity contribution in [2.24, 2.45) is 5.41 Å². The van der Waals surface area contributed by atoms with Crippen LogP contribution in [0.25, 0.3) is 11.3 Å². The fraction of sp³-hybridized carbons (Fsp3) is 0.344. The molecule has 5 rings (SSSR count). The number of anilines is 2. The molecule has 2 aliphatic heterocycles. The van der Waals surface area contributed by atoms with Gasteiger partial charge >= 0.3 is 5.97 Å². The quantitative estimate of drug-likeness (QED) is 0.247. The van der Waals surface area contributed by atoms with Gasteiger partial charge in [0.1, 0.15) is 11.6 Å². The molecule has 1 saturated heterocycles. The number of aromatic amines is 1. The van der Waals surface area contributed by atoms with Gasteiger partial charge in [-0.1, -0.05) is 37.8 Å². The molecule has 0 saturated carbocycles. The molecule has 0 aliphatic carbocycles. The smallest absolute Gasteiger partial charge is 0.342 e. The van der Waals surface area contributed by atoms with Crippen molar-refractivity contribution in [2.45, 2.75) is 26.3 Å². The zero-order chi connectivity index (χ0) is 30.0. The first kappa shape index (κ1) is 28.9. The number of likely N-dealkylation sites (N-methyl/N-ethyl adjacent to an activating group) is 1. The Morgan fingerprint density at radius 2 is 2.17 bits per heavy atom. The maximum Gasteiger partial charge on any atom is 0.342 e. The maximum atomic E-state index is 14.5. The number of pyridine rings is 1. The molecule has 10 heteroatoms. The molecule has 0 spiro atoms. The molecule has 42 heavy (non-hydrogen) atoms. The number of hydrogen-bond acceptors (Lipinski definition) is 7. The number of amides is 1. The van der Waals surface area contributed by atoms with E-state index in [9.17, 15) is 14.0 Å². The predicted molar refractivity (Wildman–Crippen MR) is 158 cm³/mol. The Morgan fingerprint density at radius 1 is 1.36 bits per heavy atom. The molecule has 1 fully saturated rings. The van der Waals surface area contributed by atoms with Crippen molar-refractivity contribution in [1.82, 2.24) is 19.8 Å². The van der Waals surface area contributed by atoms with E-state index in [0.717, 1.165) is 0 Å². The van der Waals surface area contributed by atoms with Crippen LogP contribution < -0.4 is 10.1 Å². The normalized spacial score (nSPS) is 17.3. The molecule has 1 atom stereocenters. The summed E-state index contributed by atoms with van der Waals surface area (Å²) in [6.45, 7) is 5.70. The van der Waals surface area contributed by atoms with Crippen LogP contribution in [0.5, 0.6) is 5.75 Å². The van der Waals surface area contributed by atoms with E-state index in [4.69, 9.17) is 9.47 Å². The molecule has 4 heterocycles. The highest BCUT2D eigenvalue weighted by atomic mass is 19.1. The minimum absolute atomic E-state index is 0.0222. The van der Waals surface area contributed by atoms with Crippen LogP contribution in [0.4, 0.5) is 15.8 Å². The highest BCUT2D eigenvalue weighted by molar-refractivity contribution is 6.04. The fourth-order valence-electron chi connectivity index (χ4n) is 5.28. The summed E-state index contributed by atoms with van der Waals surface area (Å²) < 4.78 is 25.2. The molecular weight excluding hydrogens is 537 g/mol. The number of benzene rings is 1. The van der Waals surface area contributed by atoms with Gasteiger partial charge in [-0.15, -0.1) is 0 Å². The summed E-state index contributed by atoms with van der Waals surface area (Å²) in [6.07, 6.45) is 7.24. The summed E-state index contributed by atoms with van der Waals surface area (Å²) in [5.74, 6) is 5.49. The van der Waals surface area contributed by atoms with Crippen LogP contribution in [0, 0.1) is 23.1 Å². The number of cyclic esters (lactones) is 1. The number of fused-ring (bicyclic) bond motifs is 1. The highest BCUT2D eigenvalue weighted by Gasteiger charge is 2.46. The van der Waals surface area contributed by atoms with Crippen LogP contribution in [-0.2, 0) is 16.0 Å². The van der Waals surface area contributed by atoms with Gasteiger partial charge in [0, 0.05) is 54.7 Å². The number of nitrogens with zero attached hydrogens (tertiary/aromatic N) is 3. The van der Waals surface area contributed by atoms with E-state index in [0.29, 0.717) is 59.0 Å². The van der Waals surface area contributed by atoms with Crippen molar-refractivity contribution in [3.63, 3.8) is 0 Å². The van der Waals surface area contributed by atoms with Gasteiger partial charge in [0.15, 0.2) is 11.6 Å². The van der Waals surface area contributed by atoms with E-state index in [1.807, 2.05) is 25.1 Å². The third-order valence-electron chi connectivity index (χ3n) is 7.38. The lowest BCUT2D eigenvalue weighted by Gasteiger charge is -2.51. The van der Waals surface area contributed by atoms with Gasteiger partial charge in [-0.3, -0.25) is 9.78 Å². The van der Waals surface area contributed by atoms with Gasteiger partial charge in [-0.2, -0.15) is 0 Å². The standard InChI is InChI=1S/C32H34FN5O4/c1-32(2)19-38(26(39)10-7-16-37(3)4)25(32)12-11-20-18-34-15-13-21(20)28-29(27-23(35-28)14-17-42-31(27)40)36-24-9-6-8-22(33)30(24)41-5/h6-10,13,15,18,25,35-36H,14,16-17,19H2,1-5H3/b10-7+/t25-/m1/s1. The Bertz CT molecular complexity index is 1610. The number of likely N-dealkylation sites (tertiary alicyclic amines) is 1. The first-order valence-corrected chi connectivity index (χ1v) is 13.7. The Morgan fingerprint density at radius 3 is 2.90 bits per heavy atom. The lowest BCUT2D eigenvalue weighted by molar-refractivity contribution is -0.140. The van der Waals surface area contributed by atoms with Crippen molar-refractivity contribution in [3.05, 3.63) is 71.4 Å². The molecule has 1 amide bonds. The number of carbonyl (C=O) groups is 2. The van der Waals surface area contributed by atoms with E-state index in [1.165, 1.54) is 13.2 Å². The summed E-state index contributed by atoms with van der Waals surface area (Å²) in [7, 11) is 5.27. The van der Waals surface area contributed by atoms with Gasteiger partial charge in [0.05, 0.1) is 36.3 Å². The summed E-state index contributed by atoms with van der Waals surface area (Å²) in [5.41, 5.74) is 3.54. The molecular formula is C32H34FN5O4. The number of para-hydroxylation sites is 1. The third kappa shape index (κ3) is 5.60. The van der Waals surface area contributed by atoms with Gasteiger partial charge in [0.2, 0.25) is 5.91 Å². The van der Waals surface area contributed by atoms with E-state index in [1.54, 1.807) is 41.6 Å². The van der Waals surface area contributed by atoms with Crippen molar-refractivity contribution in [3.8, 4) is 28.8 Å². The van der Waals surface area contributed by atoms with E-state index in [2.05, 4.69) is 41.0 Å². The molecule has 3 aromatic rings. The Hall–Kier alpha value is -4.62. The van der Waals surface area contributed by atoms with Gasteiger partial charge in [0.25, 0.3) is 0 Å². The molecule has 0 radical (unpaired) electrons. The summed E-state index contributed by atoms with van der Waals surface area (Å²) in [6, 6.07) is 6.05. The zero-order valence-electron chi connectivity index (χ0n) is 24.4. The van der Waals surface area contributed by atoms with Crippen molar-refractivity contribution in [2.75, 3.05) is 46.2 Å². The number of H-pyrrole nitrogens is 1. The topological polar surface area (TPSA) is 99.8 Å². The van der Waals surface area contributed by atoms with Crippen LogP contribution in [0.15, 0.2) is 48.8 Å². The molecule has 2 N–H and O–H groups in total. The van der Waals surface area contributed by atoms with Gasteiger partial charge < -0.3 is 29.6 Å². The molecule has 218 valence electrons. The number of esters is 1. The van der Waals surface area contributed by atoms with Gasteiger partial charge in [-0.05, 0) is 32.3 Å². The molecule has 1 aromatic carbocycles. The number of methoxy groups -OCH3 is 1. The van der Waals surface area contributed by atoms with Crippen molar-refractivity contribution in [1.29, 1.82) is 0 Å². The second kappa shape index (κ2) is 11.7. The first-order valence-electron chi connectivity index (χ1n) is 13.7. The van der Waals surface area contributed by atoms with Crippen molar-refractivity contribution >= 4 is 23.3 Å². The summed E-state index contributed by atoms with van der Waals surface area (Å²) >= 11 is 0. The average Bonchev–Trinajstić information content (AvgIpc) is 3.31. The number of nitrogens with one attached hydrogen (secondary N) is 2. The number of carbonyl (C=O) groups excluding carboxylic acids is 2. The Labute approximate surface area is 244 Å². The van der Waals surface area contributed by atoms with Crippen LogP contribution in [0.3, 0.4) is 0 Å². The molecule has 9 nitrogen and oxygen atoms in total. The van der Waals surface area contributed by atoms with Crippen LogP contribution in [0.1, 0.15) is 35.5 Å². The lowest BCUT2D eigenvalue weighted by atomic mass is 9.75. The molecule has 0 bridgehead atoms. The summed E-state index contributed by atoms with van der Waals surface area (Å²) in [4.78, 5) is 37.2. The van der Waals surface area contributed by atoms with E-state index in [-0.39, 0.29) is 29.7 Å². The van der Waals surface area contributed by atoms with E-state index >= 15 is 0 Å². The van der Waals surface area contributed by atoms with Crippen LogP contribution in [0.2, 0.25) is 0 Å². The maximum absolute atomic E-state index is 14.5. The second-order valence-electron chi connectivity index (χ2n) is 11.3. The number of hydrogen-bond donors (Lipinski definition) is 2. The monoisotopic (exact) mass is 571 g/mol. The van der Waals surface area contributed by atoms with E-state index < -0.39 is 11.8 Å². The minimum Gasteiger partial charge on any atom is -0.492 e. The zero-order valence-corrected chi connectivity index (χ0v) is 24.4. The number of aromatic nitrogens is 2. The fourth-order valence-corrected chi connectivity index (χ4v) is 5.28. The van der Waals surface area contributed by atoms with Crippen LogP contribution >= 0.6 is 0 Å². The first-order chi connectivity index (χ1) is 20.1. The third-order valence-corrected chi connectivity index (χ3v) is 7.38. The second-order valence-corrected chi connectivity index (χ2v) is 11.3. The average molecular weight is 572 g/mol. The Kier molecular flexibility index (Phi) is 8.05. The van der Waals surface area contributed by atoms with Crippen LogP contribution in [-0.4, -0.2) is 78.6 Å². The number of halogens is 1.